The van der Waals surface area contributed by atoms with Crippen molar-refractivity contribution in [3.8, 4) is 0 Å². The summed E-state index contributed by atoms with van der Waals surface area (Å²) in [5.41, 5.74) is 6.67. The highest BCUT2D eigenvalue weighted by Crippen LogP contribution is 2.31. The van der Waals surface area contributed by atoms with Crippen LogP contribution in [0.25, 0.3) is 0 Å². The number of anilines is 2. The van der Waals surface area contributed by atoms with E-state index >= 15 is 0 Å². The number of rotatable bonds is 3. The molecule has 0 atom stereocenters. The average Bonchev–Trinajstić information content (AvgIpc) is 2.35. The predicted octanol–water partition coefficient (Wildman–Crippen LogP) is 2.33. The largest absolute Gasteiger partial charge is 0.397 e. The molecule has 0 saturated heterocycles. The third-order valence-electron chi connectivity index (χ3n) is 3.93. The molecule has 0 aromatic carbocycles. The van der Waals surface area contributed by atoms with E-state index in [1.165, 1.54) is 0 Å². The Hall–Kier alpha value is -1.29. The van der Waals surface area contributed by atoms with Crippen LogP contribution in [0.2, 0.25) is 0 Å². The van der Waals surface area contributed by atoms with E-state index in [1.54, 1.807) is 0 Å². The van der Waals surface area contributed by atoms with Crippen LogP contribution < -0.4 is 11.1 Å². The zero-order chi connectivity index (χ0) is 13.2. The minimum absolute atomic E-state index is 0.566. The lowest BCUT2D eigenvalue weighted by Crippen LogP contribution is -2.40. The van der Waals surface area contributed by atoms with Crippen LogP contribution in [-0.4, -0.2) is 22.2 Å². The van der Waals surface area contributed by atoms with Gasteiger partial charge in [0.15, 0.2) is 0 Å². The molecule has 0 unspecified atom stereocenters. The molecule has 4 N–H and O–H groups in total. The van der Waals surface area contributed by atoms with Crippen molar-refractivity contribution < 1.29 is 5.11 Å². The number of nitrogens with two attached hydrogens (primary N) is 1. The molecule has 4 heteroatoms. The molecule has 1 heterocycles. The zero-order valence-electron chi connectivity index (χ0n) is 11.2. The Morgan fingerprint density at radius 1 is 1.44 bits per heavy atom. The van der Waals surface area contributed by atoms with Gasteiger partial charge in [-0.1, -0.05) is 6.92 Å². The second-order valence-electron chi connectivity index (χ2n) is 5.63. The van der Waals surface area contributed by atoms with Crippen molar-refractivity contribution in [3.63, 3.8) is 0 Å². The van der Waals surface area contributed by atoms with Crippen LogP contribution in [-0.2, 0) is 0 Å². The van der Waals surface area contributed by atoms with Gasteiger partial charge in [0.25, 0.3) is 0 Å². The van der Waals surface area contributed by atoms with E-state index in [4.69, 9.17) is 5.73 Å². The number of nitrogens with one attached hydrogen (secondary N) is 1. The number of pyridine rings is 1. The SMILES string of the molecule is Cc1nc(NCC2(O)CCC(C)CC2)ccc1N. The van der Waals surface area contributed by atoms with Crippen LogP contribution >= 0.6 is 0 Å². The number of aromatic nitrogens is 1. The maximum Gasteiger partial charge on any atom is 0.126 e. The summed E-state index contributed by atoms with van der Waals surface area (Å²) >= 11 is 0. The second-order valence-corrected chi connectivity index (χ2v) is 5.63. The highest BCUT2D eigenvalue weighted by molar-refractivity contribution is 5.49. The van der Waals surface area contributed by atoms with Gasteiger partial charge < -0.3 is 16.2 Å². The van der Waals surface area contributed by atoms with Crippen molar-refractivity contribution in [2.24, 2.45) is 5.92 Å². The third kappa shape index (κ3) is 3.13. The molecule has 0 spiro atoms. The van der Waals surface area contributed by atoms with Crippen molar-refractivity contribution in [2.75, 3.05) is 17.6 Å². The highest BCUT2D eigenvalue weighted by Gasteiger charge is 2.31. The Balaban J connectivity index is 1.92. The topological polar surface area (TPSA) is 71.2 Å². The average molecular weight is 249 g/mol. The van der Waals surface area contributed by atoms with E-state index in [0.29, 0.717) is 12.2 Å². The molecule has 0 bridgehead atoms. The van der Waals surface area contributed by atoms with Gasteiger partial charge in [0.1, 0.15) is 5.82 Å². The maximum absolute atomic E-state index is 10.5. The molecule has 1 aliphatic rings. The number of nitrogens with zero attached hydrogens (tertiary/aromatic N) is 1. The van der Waals surface area contributed by atoms with Gasteiger partial charge in [-0.15, -0.1) is 0 Å². The molecular weight excluding hydrogens is 226 g/mol. The lowest BCUT2D eigenvalue weighted by Gasteiger charge is -2.35. The number of hydrogen-bond donors (Lipinski definition) is 3. The summed E-state index contributed by atoms with van der Waals surface area (Å²) in [6.07, 6.45) is 3.95. The fourth-order valence-corrected chi connectivity index (χ4v) is 2.40. The smallest absolute Gasteiger partial charge is 0.126 e. The zero-order valence-corrected chi connectivity index (χ0v) is 11.2. The van der Waals surface area contributed by atoms with Gasteiger partial charge in [-0.2, -0.15) is 0 Å². The van der Waals surface area contributed by atoms with Crippen molar-refractivity contribution in [1.29, 1.82) is 0 Å². The molecule has 0 radical (unpaired) electrons. The Morgan fingerprint density at radius 3 is 2.72 bits per heavy atom. The third-order valence-corrected chi connectivity index (χ3v) is 3.93. The van der Waals surface area contributed by atoms with Crippen molar-refractivity contribution in [3.05, 3.63) is 17.8 Å². The van der Waals surface area contributed by atoms with Gasteiger partial charge in [0.05, 0.1) is 17.0 Å². The van der Waals surface area contributed by atoms with Crippen LogP contribution in [0.15, 0.2) is 12.1 Å². The minimum atomic E-state index is -0.580. The number of hydrogen-bond acceptors (Lipinski definition) is 4. The monoisotopic (exact) mass is 249 g/mol. The summed E-state index contributed by atoms with van der Waals surface area (Å²) < 4.78 is 0. The summed E-state index contributed by atoms with van der Waals surface area (Å²) in [6.45, 7) is 4.70. The van der Waals surface area contributed by atoms with Crippen LogP contribution in [0, 0.1) is 12.8 Å². The summed E-state index contributed by atoms with van der Waals surface area (Å²) in [5.74, 6) is 1.52. The highest BCUT2D eigenvalue weighted by atomic mass is 16.3. The van der Waals surface area contributed by atoms with Crippen molar-refractivity contribution in [2.45, 2.75) is 45.1 Å². The quantitative estimate of drug-likeness (QED) is 0.769. The van der Waals surface area contributed by atoms with Gasteiger partial charge in [-0.25, -0.2) is 4.98 Å². The molecule has 18 heavy (non-hydrogen) atoms. The van der Waals surface area contributed by atoms with E-state index < -0.39 is 5.60 Å². The molecule has 1 aliphatic carbocycles. The number of aryl methyl sites for hydroxylation is 1. The summed E-state index contributed by atoms with van der Waals surface area (Å²) in [4.78, 5) is 4.36. The van der Waals surface area contributed by atoms with Gasteiger partial charge >= 0.3 is 0 Å². The van der Waals surface area contributed by atoms with E-state index in [0.717, 1.165) is 43.1 Å². The first-order valence-corrected chi connectivity index (χ1v) is 6.68. The molecule has 1 fully saturated rings. The maximum atomic E-state index is 10.5. The van der Waals surface area contributed by atoms with Crippen molar-refractivity contribution >= 4 is 11.5 Å². The van der Waals surface area contributed by atoms with Gasteiger partial charge in [-0.3, -0.25) is 0 Å². The molecule has 4 nitrogen and oxygen atoms in total. The lowest BCUT2D eigenvalue weighted by atomic mass is 9.79. The predicted molar refractivity (Wildman–Crippen MR) is 74.5 cm³/mol. The molecule has 1 aromatic rings. The molecule has 1 saturated carbocycles. The molecule has 1 aromatic heterocycles. The summed E-state index contributed by atoms with van der Waals surface area (Å²) in [5, 5.41) is 13.7. The summed E-state index contributed by atoms with van der Waals surface area (Å²) in [6, 6.07) is 3.70. The fraction of sp³-hybridized carbons (Fsp3) is 0.643. The van der Waals surface area contributed by atoms with Gasteiger partial charge in [-0.05, 0) is 50.7 Å². The van der Waals surface area contributed by atoms with E-state index in [1.807, 2.05) is 19.1 Å². The van der Waals surface area contributed by atoms with Gasteiger partial charge in [0, 0.05) is 6.54 Å². The Bertz CT molecular complexity index is 412. The first-order chi connectivity index (χ1) is 8.48. The normalized spacial score (nSPS) is 28.1. The molecule has 100 valence electrons. The van der Waals surface area contributed by atoms with Crippen LogP contribution in [0.4, 0.5) is 11.5 Å². The molecule has 0 amide bonds. The number of nitrogen functional groups attached to an aromatic ring is 1. The van der Waals surface area contributed by atoms with Crippen LogP contribution in [0.5, 0.6) is 0 Å². The van der Waals surface area contributed by atoms with E-state index in [2.05, 4.69) is 17.2 Å². The molecule has 2 rings (SSSR count). The van der Waals surface area contributed by atoms with Gasteiger partial charge in [0.2, 0.25) is 0 Å². The van der Waals surface area contributed by atoms with E-state index in [-0.39, 0.29) is 0 Å². The second kappa shape index (κ2) is 5.14. The first-order valence-electron chi connectivity index (χ1n) is 6.68. The van der Waals surface area contributed by atoms with Crippen LogP contribution in [0.1, 0.15) is 38.3 Å². The Morgan fingerprint density at radius 2 is 2.11 bits per heavy atom. The Labute approximate surface area is 109 Å². The standard InChI is InChI=1S/C14H23N3O/c1-10-5-7-14(18,8-6-10)9-16-13-4-3-12(15)11(2)17-13/h3-4,10,18H,5-9,15H2,1-2H3,(H,16,17). The van der Waals surface area contributed by atoms with E-state index in [9.17, 15) is 5.11 Å². The lowest BCUT2D eigenvalue weighted by molar-refractivity contribution is 0.00494. The summed E-state index contributed by atoms with van der Waals surface area (Å²) in [7, 11) is 0. The first kappa shape index (κ1) is 13.1. The minimum Gasteiger partial charge on any atom is -0.397 e. The van der Waals surface area contributed by atoms with Crippen LogP contribution in [0.3, 0.4) is 0 Å². The van der Waals surface area contributed by atoms with Crippen molar-refractivity contribution in [1.82, 2.24) is 4.98 Å². The fourth-order valence-electron chi connectivity index (χ4n) is 2.40. The number of aliphatic hydroxyl groups is 1. The Kier molecular flexibility index (Phi) is 3.76. The molecule has 0 aliphatic heterocycles. The molecular formula is C14H23N3O.